The van der Waals surface area contributed by atoms with Crippen molar-refractivity contribution >= 4 is 0 Å². The predicted octanol–water partition coefficient (Wildman–Crippen LogP) is 0.357. The largest absolute Gasteiger partial charge is 0.372 e. The first-order valence-electron chi connectivity index (χ1n) is 4.21. The molecule has 11 heavy (non-hydrogen) atoms. The van der Waals surface area contributed by atoms with Crippen molar-refractivity contribution in [1.82, 2.24) is 5.32 Å². The highest BCUT2D eigenvalue weighted by molar-refractivity contribution is 4.94. The Morgan fingerprint density at radius 2 is 2.18 bits per heavy atom. The SMILES string of the molecule is CC(C)[C@@H]1COC2(COC2)N1. The number of rotatable bonds is 1. The minimum absolute atomic E-state index is 0.102. The molecule has 2 heterocycles. The molecule has 3 nitrogen and oxygen atoms in total. The van der Waals surface area contributed by atoms with Crippen LogP contribution in [0.2, 0.25) is 0 Å². The molecule has 3 heteroatoms. The maximum Gasteiger partial charge on any atom is 0.166 e. The lowest BCUT2D eigenvalue weighted by atomic mass is 10.1. The molecule has 0 aromatic heterocycles. The summed E-state index contributed by atoms with van der Waals surface area (Å²) >= 11 is 0. The molecule has 2 fully saturated rings. The second-order valence-corrected chi connectivity index (χ2v) is 3.79. The summed E-state index contributed by atoms with van der Waals surface area (Å²) in [5.41, 5.74) is -0.102. The monoisotopic (exact) mass is 157 g/mol. The van der Waals surface area contributed by atoms with Crippen LogP contribution >= 0.6 is 0 Å². The fourth-order valence-corrected chi connectivity index (χ4v) is 1.48. The molecular formula is C8H15NO2. The van der Waals surface area contributed by atoms with Crippen LogP contribution < -0.4 is 5.32 Å². The van der Waals surface area contributed by atoms with Gasteiger partial charge in [0.05, 0.1) is 19.8 Å². The average Bonchev–Trinajstić information content (AvgIpc) is 2.28. The Kier molecular flexibility index (Phi) is 1.67. The standard InChI is InChI=1S/C8H15NO2/c1-6(2)7-3-11-8(9-7)4-10-5-8/h6-7,9H,3-5H2,1-2H3/t7-/m0/s1. The van der Waals surface area contributed by atoms with Crippen LogP contribution in [0, 0.1) is 5.92 Å². The molecule has 64 valence electrons. The molecule has 1 N–H and O–H groups in total. The fourth-order valence-electron chi connectivity index (χ4n) is 1.48. The zero-order chi connectivity index (χ0) is 7.90. The number of hydrogen-bond acceptors (Lipinski definition) is 3. The minimum atomic E-state index is -0.102. The normalized spacial score (nSPS) is 34.6. The lowest BCUT2D eigenvalue weighted by Crippen LogP contribution is -2.59. The quantitative estimate of drug-likeness (QED) is 0.596. The molecule has 0 unspecified atom stereocenters. The van der Waals surface area contributed by atoms with Gasteiger partial charge in [0.2, 0.25) is 0 Å². The molecule has 0 aliphatic carbocycles. The molecule has 0 bridgehead atoms. The summed E-state index contributed by atoms with van der Waals surface area (Å²) in [5.74, 6) is 0.648. The second kappa shape index (κ2) is 2.44. The van der Waals surface area contributed by atoms with Gasteiger partial charge >= 0.3 is 0 Å². The lowest BCUT2D eigenvalue weighted by Gasteiger charge is -2.37. The maximum absolute atomic E-state index is 5.61. The Morgan fingerprint density at radius 3 is 2.45 bits per heavy atom. The van der Waals surface area contributed by atoms with Gasteiger partial charge in [-0.1, -0.05) is 13.8 Å². The Balaban J connectivity index is 1.93. The molecule has 2 saturated heterocycles. The highest BCUT2D eigenvalue weighted by Crippen LogP contribution is 2.26. The van der Waals surface area contributed by atoms with Gasteiger partial charge in [0, 0.05) is 6.04 Å². The molecule has 1 spiro atoms. The average molecular weight is 157 g/mol. The molecule has 2 aliphatic rings. The van der Waals surface area contributed by atoms with Gasteiger partial charge < -0.3 is 9.47 Å². The van der Waals surface area contributed by atoms with Crippen LogP contribution in [-0.2, 0) is 9.47 Å². The summed E-state index contributed by atoms with van der Waals surface area (Å²) in [4.78, 5) is 0. The molecule has 0 radical (unpaired) electrons. The molecule has 0 aromatic rings. The summed E-state index contributed by atoms with van der Waals surface area (Å²) in [6.07, 6.45) is 0. The van der Waals surface area contributed by atoms with Gasteiger partial charge in [-0.15, -0.1) is 0 Å². The molecule has 2 rings (SSSR count). The summed E-state index contributed by atoms with van der Waals surface area (Å²) < 4.78 is 10.7. The fraction of sp³-hybridized carbons (Fsp3) is 1.00. The van der Waals surface area contributed by atoms with Crippen LogP contribution in [0.3, 0.4) is 0 Å². The van der Waals surface area contributed by atoms with Gasteiger partial charge in [0.25, 0.3) is 0 Å². The Bertz CT molecular complexity index is 154. The van der Waals surface area contributed by atoms with Crippen LogP contribution in [0.4, 0.5) is 0 Å². The summed E-state index contributed by atoms with van der Waals surface area (Å²) in [6.45, 7) is 6.69. The van der Waals surface area contributed by atoms with E-state index in [1.807, 2.05) is 0 Å². The van der Waals surface area contributed by atoms with Gasteiger partial charge in [0.15, 0.2) is 5.72 Å². The first-order valence-corrected chi connectivity index (χ1v) is 4.21. The van der Waals surface area contributed by atoms with Crippen molar-refractivity contribution in [2.75, 3.05) is 19.8 Å². The van der Waals surface area contributed by atoms with Crippen molar-refractivity contribution in [3.05, 3.63) is 0 Å². The summed E-state index contributed by atoms with van der Waals surface area (Å²) in [5, 5.41) is 3.46. The van der Waals surface area contributed by atoms with E-state index in [0.717, 1.165) is 19.8 Å². The van der Waals surface area contributed by atoms with Crippen LogP contribution in [0.1, 0.15) is 13.8 Å². The Labute approximate surface area is 67.1 Å². The smallest absolute Gasteiger partial charge is 0.166 e. The lowest BCUT2D eigenvalue weighted by molar-refractivity contribution is -0.195. The summed E-state index contributed by atoms with van der Waals surface area (Å²) in [7, 11) is 0. The molecular weight excluding hydrogens is 142 g/mol. The van der Waals surface area contributed by atoms with Crippen LogP contribution in [-0.4, -0.2) is 31.6 Å². The van der Waals surface area contributed by atoms with E-state index < -0.39 is 0 Å². The Hall–Kier alpha value is -0.120. The highest BCUT2D eigenvalue weighted by Gasteiger charge is 2.46. The van der Waals surface area contributed by atoms with Gasteiger partial charge in [-0.05, 0) is 5.92 Å². The maximum atomic E-state index is 5.61. The zero-order valence-corrected chi connectivity index (χ0v) is 7.09. The third-order valence-electron chi connectivity index (χ3n) is 2.46. The van der Waals surface area contributed by atoms with Crippen molar-refractivity contribution in [2.45, 2.75) is 25.6 Å². The number of ether oxygens (including phenoxy) is 2. The van der Waals surface area contributed by atoms with Crippen molar-refractivity contribution in [1.29, 1.82) is 0 Å². The predicted molar refractivity (Wildman–Crippen MR) is 41.3 cm³/mol. The van der Waals surface area contributed by atoms with Crippen LogP contribution in [0.15, 0.2) is 0 Å². The number of hydrogen-bond donors (Lipinski definition) is 1. The molecule has 0 aromatic carbocycles. The van der Waals surface area contributed by atoms with E-state index in [1.165, 1.54) is 0 Å². The van der Waals surface area contributed by atoms with Gasteiger partial charge in [-0.3, -0.25) is 5.32 Å². The summed E-state index contributed by atoms with van der Waals surface area (Å²) in [6, 6.07) is 0.513. The molecule has 2 aliphatic heterocycles. The van der Waals surface area contributed by atoms with E-state index in [9.17, 15) is 0 Å². The van der Waals surface area contributed by atoms with Gasteiger partial charge in [-0.2, -0.15) is 0 Å². The topological polar surface area (TPSA) is 30.5 Å². The second-order valence-electron chi connectivity index (χ2n) is 3.79. The third kappa shape index (κ3) is 1.17. The van der Waals surface area contributed by atoms with E-state index in [1.54, 1.807) is 0 Å². The van der Waals surface area contributed by atoms with Gasteiger partial charge in [-0.25, -0.2) is 0 Å². The van der Waals surface area contributed by atoms with Crippen molar-refractivity contribution in [3.8, 4) is 0 Å². The van der Waals surface area contributed by atoms with Crippen LogP contribution in [0.5, 0.6) is 0 Å². The minimum Gasteiger partial charge on any atom is -0.372 e. The van der Waals surface area contributed by atoms with Crippen molar-refractivity contribution < 1.29 is 9.47 Å². The zero-order valence-electron chi connectivity index (χ0n) is 7.09. The first-order chi connectivity index (χ1) is 5.22. The van der Waals surface area contributed by atoms with Crippen molar-refractivity contribution in [3.63, 3.8) is 0 Å². The van der Waals surface area contributed by atoms with E-state index >= 15 is 0 Å². The van der Waals surface area contributed by atoms with Crippen LogP contribution in [0.25, 0.3) is 0 Å². The van der Waals surface area contributed by atoms with Gasteiger partial charge in [0.1, 0.15) is 0 Å². The third-order valence-corrected chi connectivity index (χ3v) is 2.46. The van der Waals surface area contributed by atoms with E-state index in [-0.39, 0.29) is 5.72 Å². The molecule has 0 amide bonds. The molecule has 0 saturated carbocycles. The van der Waals surface area contributed by atoms with Crippen molar-refractivity contribution in [2.24, 2.45) is 5.92 Å². The van der Waals surface area contributed by atoms with E-state index in [2.05, 4.69) is 19.2 Å². The van der Waals surface area contributed by atoms with E-state index in [0.29, 0.717) is 12.0 Å². The number of nitrogens with one attached hydrogen (secondary N) is 1. The highest BCUT2D eigenvalue weighted by atomic mass is 16.6. The first kappa shape index (κ1) is 7.53. The molecule has 1 atom stereocenters. The Morgan fingerprint density at radius 1 is 1.45 bits per heavy atom. The van der Waals surface area contributed by atoms with E-state index in [4.69, 9.17) is 9.47 Å².